The largest absolute Gasteiger partial charge is 0.396 e. The minimum atomic E-state index is -3.83. The normalized spacial score (nSPS) is 12.5. The molecule has 0 fully saturated rings. The second-order valence-corrected chi connectivity index (χ2v) is 7.76. The van der Waals surface area contributed by atoms with E-state index in [-0.39, 0.29) is 24.5 Å². The van der Waals surface area contributed by atoms with Gasteiger partial charge in [0.05, 0.1) is 4.90 Å². The monoisotopic (exact) mass is 376 g/mol. The van der Waals surface area contributed by atoms with Crippen LogP contribution < -0.4 is 10.0 Å². The summed E-state index contributed by atoms with van der Waals surface area (Å²) in [6.45, 7) is 2.11. The zero-order chi connectivity index (χ0) is 19.0. The van der Waals surface area contributed by atoms with Crippen molar-refractivity contribution >= 4 is 15.9 Å². The Balaban J connectivity index is 2.19. The Kier molecular flexibility index (Phi) is 7.32. The van der Waals surface area contributed by atoms with Crippen molar-refractivity contribution in [3.05, 3.63) is 65.7 Å². The Morgan fingerprint density at radius 1 is 1.08 bits per heavy atom. The molecule has 0 aliphatic rings. The number of carbonyl (C=O) groups excluding carboxylic acids is 1. The van der Waals surface area contributed by atoms with Gasteiger partial charge in [0.25, 0.3) is 0 Å². The lowest BCUT2D eigenvalue weighted by Gasteiger charge is -2.19. The van der Waals surface area contributed by atoms with Gasteiger partial charge in [-0.3, -0.25) is 4.79 Å². The molecule has 2 aromatic rings. The van der Waals surface area contributed by atoms with Crippen molar-refractivity contribution in [2.75, 3.05) is 13.2 Å². The minimum absolute atomic E-state index is 0.0429. The molecule has 0 spiro atoms. The third kappa shape index (κ3) is 5.94. The second kappa shape index (κ2) is 9.47. The molecule has 6 nitrogen and oxygen atoms in total. The molecule has 2 rings (SSSR count). The number of aliphatic hydroxyl groups excluding tert-OH is 1. The lowest BCUT2D eigenvalue weighted by atomic mass is 10.1. The highest BCUT2D eigenvalue weighted by Gasteiger charge is 2.25. The fourth-order valence-corrected chi connectivity index (χ4v) is 3.62. The van der Waals surface area contributed by atoms with Gasteiger partial charge in [-0.25, -0.2) is 8.42 Å². The van der Waals surface area contributed by atoms with Crippen LogP contribution in [0.5, 0.6) is 0 Å². The molecule has 1 amide bonds. The summed E-state index contributed by atoms with van der Waals surface area (Å²) >= 11 is 0. The summed E-state index contributed by atoms with van der Waals surface area (Å²) in [6.07, 6.45) is 0.644. The first-order valence-electron chi connectivity index (χ1n) is 8.44. The Bertz CT molecular complexity index is 805. The van der Waals surface area contributed by atoms with Crippen LogP contribution in [-0.2, 0) is 21.2 Å². The predicted molar refractivity (Wildman–Crippen MR) is 100 cm³/mol. The number of rotatable bonds is 9. The van der Waals surface area contributed by atoms with Crippen molar-refractivity contribution in [2.24, 2.45) is 0 Å². The van der Waals surface area contributed by atoms with Gasteiger partial charge >= 0.3 is 0 Å². The topological polar surface area (TPSA) is 95.5 Å². The van der Waals surface area contributed by atoms with Gasteiger partial charge in [-0.2, -0.15) is 4.72 Å². The molecule has 1 atom stereocenters. The highest BCUT2D eigenvalue weighted by molar-refractivity contribution is 7.89. The fourth-order valence-electron chi connectivity index (χ4n) is 2.42. The summed E-state index contributed by atoms with van der Waals surface area (Å²) in [4.78, 5) is 12.6. The molecule has 26 heavy (non-hydrogen) atoms. The zero-order valence-corrected chi connectivity index (χ0v) is 15.5. The lowest BCUT2D eigenvalue weighted by molar-refractivity contribution is -0.122. The standard InChI is InChI=1S/C19H24N2O4S/c1-15-8-10-17(11-9-15)26(24,25)21-18(19(23)20-12-5-13-22)14-16-6-3-2-4-7-16/h2-4,6-11,18,21-22H,5,12-14H2,1H3,(H,20,23). The third-order valence-electron chi connectivity index (χ3n) is 3.86. The van der Waals surface area contributed by atoms with Crippen LogP contribution in [-0.4, -0.2) is 38.6 Å². The molecule has 0 aliphatic heterocycles. The molecular weight excluding hydrogens is 352 g/mol. The second-order valence-electron chi connectivity index (χ2n) is 6.04. The van der Waals surface area contributed by atoms with Crippen molar-refractivity contribution < 1.29 is 18.3 Å². The van der Waals surface area contributed by atoms with Crippen LogP contribution in [0.25, 0.3) is 0 Å². The maximum absolute atomic E-state index is 12.6. The number of hydrogen-bond donors (Lipinski definition) is 3. The molecule has 0 aliphatic carbocycles. The van der Waals surface area contributed by atoms with Crippen LogP contribution in [0.2, 0.25) is 0 Å². The molecule has 7 heteroatoms. The van der Waals surface area contributed by atoms with E-state index < -0.39 is 22.0 Å². The number of hydrogen-bond acceptors (Lipinski definition) is 4. The van der Waals surface area contributed by atoms with Crippen LogP contribution >= 0.6 is 0 Å². The Hall–Kier alpha value is -2.22. The zero-order valence-electron chi connectivity index (χ0n) is 14.7. The molecule has 3 N–H and O–H groups in total. The highest BCUT2D eigenvalue weighted by atomic mass is 32.2. The molecule has 0 saturated carbocycles. The number of aliphatic hydroxyl groups is 1. The average Bonchev–Trinajstić information content (AvgIpc) is 2.62. The smallest absolute Gasteiger partial charge is 0.241 e. The van der Waals surface area contributed by atoms with Crippen LogP contribution in [0.15, 0.2) is 59.5 Å². The van der Waals surface area contributed by atoms with Gasteiger partial charge in [-0.15, -0.1) is 0 Å². The first-order chi connectivity index (χ1) is 12.4. The molecule has 0 bridgehead atoms. The SMILES string of the molecule is Cc1ccc(S(=O)(=O)NC(Cc2ccccc2)C(=O)NCCCO)cc1. The summed E-state index contributed by atoms with van der Waals surface area (Å²) in [5.41, 5.74) is 1.80. The number of amides is 1. The first-order valence-corrected chi connectivity index (χ1v) is 9.92. The number of carbonyl (C=O) groups is 1. The van der Waals surface area contributed by atoms with Crippen molar-refractivity contribution in [1.82, 2.24) is 10.0 Å². The van der Waals surface area contributed by atoms with Gasteiger partial charge in [-0.1, -0.05) is 48.0 Å². The Labute approximate surface area is 154 Å². The molecule has 0 heterocycles. The van der Waals surface area contributed by atoms with Gasteiger partial charge in [0.15, 0.2) is 0 Å². The average molecular weight is 376 g/mol. The van der Waals surface area contributed by atoms with Gasteiger partial charge in [0.1, 0.15) is 6.04 Å². The van der Waals surface area contributed by atoms with Crippen LogP contribution in [0.1, 0.15) is 17.5 Å². The van der Waals surface area contributed by atoms with Gasteiger partial charge in [0.2, 0.25) is 15.9 Å². The van der Waals surface area contributed by atoms with Crippen molar-refractivity contribution in [1.29, 1.82) is 0 Å². The van der Waals surface area contributed by atoms with E-state index >= 15 is 0 Å². The van der Waals surface area contributed by atoms with E-state index in [0.29, 0.717) is 6.42 Å². The molecule has 2 aromatic carbocycles. The highest BCUT2D eigenvalue weighted by Crippen LogP contribution is 2.12. The number of benzene rings is 2. The van der Waals surface area contributed by atoms with Crippen molar-refractivity contribution in [3.63, 3.8) is 0 Å². The molecule has 0 radical (unpaired) electrons. The van der Waals surface area contributed by atoms with E-state index in [1.54, 1.807) is 12.1 Å². The van der Waals surface area contributed by atoms with Crippen molar-refractivity contribution in [2.45, 2.75) is 30.7 Å². The van der Waals surface area contributed by atoms with Crippen molar-refractivity contribution in [3.8, 4) is 0 Å². The van der Waals surface area contributed by atoms with E-state index in [2.05, 4.69) is 10.0 Å². The Morgan fingerprint density at radius 2 is 1.73 bits per heavy atom. The number of nitrogens with one attached hydrogen (secondary N) is 2. The predicted octanol–water partition coefficient (Wildman–Crippen LogP) is 1.38. The van der Waals surface area contributed by atoms with E-state index in [0.717, 1.165) is 11.1 Å². The fraction of sp³-hybridized carbons (Fsp3) is 0.316. The minimum Gasteiger partial charge on any atom is -0.396 e. The molecule has 0 aromatic heterocycles. The van der Waals surface area contributed by atoms with Gasteiger partial charge < -0.3 is 10.4 Å². The van der Waals surface area contributed by atoms with Crippen LogP contribution in [0.3, 0.4) is 0 Å². The van der Waals surface area contributed by atoms with E-state index in [9.17, 15) is 13.2 Å². The molecule has 1 unspecified atom stereocenters. The first kappa shape index (κ1) is 20.1. The summed E-state index contributed by atoms with van der Waals surface area (Å²) in [5, 5.41) is 11.5. The Morgan fingerprint density at radius 3 is 2.35 bits per heavy atom. The lowest BCUT2D eigenvalue weighted by Crippen LogP contribution is -2.48. The molecule has 0 saturated heterocycles. The van der Waals surface area contributed by atoms with Crippen LogP contribution in [0.4, 0.5) is 0 Å². The summed E-state index contributed by atoms with van der Waals surface area (Å²) in [7, 11) is -3.83. The summed E-state index contributed by atoms with van der Waals surface area (Å²) in [6, 6.07) is 14.7. The van der Waals surface area contributed by atoms with Gasteiger partial charge in [-0.05, 0) is 37.5 Å². The maximum Gasteiger partial charge on any atom is 0.241 e. The summed E-state index contributed by atoms with van der Waals surface area (Å²) < 4.78 is 27.8. The van der Waals surface area contributed by atoms with Gasteiger partial charge in [0, 0.05) is 13.2 Å². The number of sulfonamides is 1. The number of aryl methyl sites for hydroxylation is 1. The van der Waals surface area contributed by atoms with E-state index in [1.807, 2.05) is 37.3 Å². The quantitative estimate of drug-likeness (QED) is 0.576. The van der Waals surface area contributed by atoms with Crippen LogP contribution in [0, 0.1) is 6.92 Å². The van der Waals surface area contributed by atoms with E-state index in [4.69, 9.17) is 5.11 Å². The third-order valence-corrected chi connectivity index (χ3v) is 5.35. The summed E-state index contributed by atoms with van der Waals surface area (Å²) in [5.74, 6) is -0.419. The van der Waals surface area contributed by atoms with E-state index in [1.165, 1.54) is 12.1 Å². The molecular formula is C19H24N2O4S. The maximum atomic E-state index is 12.6. The molecule has 140 valence electrons.